The van der Waals surface area contributed by atoms with Crippen LogP contribution in [0.15, 0.2) is 24.3 Å². The molecule has 5 heteroatoms. The van der Waals surface area contributed by atoms with Gasteiger partial charge in [-0.25, -0.2) is 4.79 Å². The molecule has 0 bridgehead atoms. The summed E-state index contributed by atoms with van der Waals surface area (Å²) in [7, 11) is 1.42. The number of methoxy groups -OCH3 is 1. The van der Waals surface area contributed by atoms with E-state index in [9.17, 15) is 9.59 Å². The highest BCUT2D eigenvalue weighted by molar-refractivity contribution is 5.76. The lowest BCUT2D eigenvalue weighted by molar-refractivity contribution is -0.148. The standard InChI is InChI=1S/C18H24N2O3/c1-12-11-20(8-7-15(12)17(21)23-2)18(22)19-10-14-9-13-5-3-4-6-16(13)14/h3-6,12,14-15H,7-11H2,1-2H3,(H,19,22)/t12-,14-,15+/m0/s1. The van der Waals surface area contributed by atoms with Crippen LogP contribution in [-0.2, 0) is 16.0 Å². The van der Waals surface area contributed by atoms with E-state index in [1.807, 2.05) is 17.9 Å². The Morgan fingerprint density at radius 1 is 1.35 bits per heavy atom. The molecule has 0 saturated carbocycles. The van der Waals surface area contributed by atoms with Gasteiger partial charge in [0, 0.05) is 25.6 Å². The molecule has 0 aromatic heterocycles. The van der Waals surface area contributed by atoms with Gasteiger partial charge in [-0.15, -0.1) is 0 Å². The van der Waals surface area contributed by atoms with Crippen molar-refractivity contribution in [2.75, 3.05) is 26.7 Å². The Kier molecular flexibility index (Phi) is 4.55. The van der Waals surface area contributed by atoms with Gasteiger partial charge in [0.05, 0.1) is 13.0 Å². The summed E-state index contributed by atoms with van der Waals surface area (Å²) in [6.07, 6.45) is 1.71. The third-order valence-corrected chi connectivity index (χ3v) is 5.16. The molecule has 1 aliphatic heterocycles. The minimum atomic E-state index is -0.163. The summed E-state index contributed by atoms with van der Waals surface area (Å²) in [5, 5.41) is 3.04. The molecule has 124 valence electrons. The monoisotopic (exact) mass is 316 g/mol. The van der Waals surface area contributed by atoms with Crippen LogP contribution in [0.1, 0.15) is 30.4 Å². The number of piperidine rings is 1. The van der Waals surface area contributed by atoms with Crippen molar-refractivity contribution < 1.29 is 14.3 Å². The zero-order chi connectivity index (χ0) is 16.4. The van der Waals surface area contributed by atoms with E-state index < -0.39 is 0 Å². The predicted molar refractivity (Wildman–Crippen MR) is 87.1 cm³/mol. The third-order valence-electron chi connectivity index (χ3n) is 5.16. The predicted octanol–water partition coefficient (Wildman–Crippen LogP) is 2.17. The highest BCUT2D eigenvalue weighted by Gasteiger charge is 2.34. The normalized spacial score (nSPS) is 26.0. The van der Waals surface area contributed by atoms with Gasteiger partial charge in [-0.1, -0.05) is 31.2 Å². The van der Waals surface area contributed by atoms with E-state index in [1.54, 1.807) is 0 Å². The van der Waals surface area contributed by atoms with Crippen LogP contribution in [0.2, 0.25) is 0 Å². The second-order valence-electron chi connectivity index (χ2n) is 6.63. The maximum atomic E-state index is 12.3. The van der Waals surface area contributed by atoms with E-state index in [0.717, 1.165) is 6.42 Å². The number of fused-ring (bicyclic) bond motifs is 1. The minimum absolute atomic E-state index is 0.0236. The summed E-state index contributed by atoms with van der Waals surface area (Å²) in [5.41, 5.74) is 2.74. The first kappa shape index (κ1) is 15.8. The molecule has 1 aliphatic carbocycles. The van der Waals surface area contributed by atoms with Crippen LogP contribution >= 0.6 is 0 Å². The van der Waals surface area contributed by atoms with Crippen molar-refractivity contribution in [2.45, 2.75) is 25.7 Å². The first-order valence-electron chi connectivity index (χ1n) is 8.28. The lowest BCUT2D eigenvalue weighted by Crippen LogP contribution is -2.50. The van der Waals surface area contributed by atoms with E-state index in [1.165, 1.54) is 18.2 Å². The quantitative estimate of drug-likeness (QED) is 0.870. The number of nitrogens with zero attached hydrogens (tertiary/aromatic N) is 1. The molecule has 1 saturated heterocycles. The van der Waals surface area contributed by atoms with Gasteiger partial charge in [0.25, 0.3) is 0 Å². The summed E-state index contributed by atoms with van der Waals surface area (Å²) in [6.45, 7) is 3.90. The number of carbonyl (C=O) groups is 2. The maximum absolute atomic E-state index is 12.3. The lowest BCUT2D eigenvalue weighted by atomic mass is 9.78. The number of hydrogen-bond acceptors (Lipinski definition) is 3. The fourth-order valence-electron chi connectivity index (χ4n) is 3.70. The number of esters is 1. The molecule has 1 heterocycles. The maximum Gasteiger partial charge on any atom is 0.317 e. The van der Waals surface area contributed by atoms with Crippen LogP contribution in [0.25, 0.3) is 0 Å². The molecule has 23 heavy (non-hydrogen) atoms. The van der Waals surface area contributed by atoms with Gasteiger partial charge in [-0.2, -0.15) is 0 Å². The van der Waals surface area contributed by atoms with Crippen LogP contribution in [0, 0.1) is 11.8 Å². The van der Waals surface area contributed by atoms with Crippen LogP contribution in [0.3, 0.4) is 0 Å². The smallest absolute Gasteiger partial charge is 0.317 e. The van der Waals surface area contributed by atoms with E-state index in [4.69, 9.17) is 4.74 Å². The van der Waals surface area contributed by atoms with E-state index in [-0.39, 0.29) is 23.8 Å². The van der Waals surface area contributed by atoms with Crippen LogP contribution in [-0.4, -0.2) is 43.6 Å². The Labute approximate surface area is 137 Å². The van der Waals surface area contributed by atoms with Crippen molar-refractivity contribution >= 4 is 12.0 Å². The fourth-order valence-corrected chi connectivity index (χ4v) is 3.70. The van der Waals surface area contributed by atoms with Gasteiger partial charge in [0.2, 0.25) is 0 Å². The van der Waals surface area contributed by atoms with Crippen LogP contribution < -0.4 is 5.32 Å². The molecule has 3 atom stereocenters. The molecule has 5 nitrogen and oxygen atoms in total. The Morgan fingerprint density at radius 3 is 2.83 bits per heavy atom. The molecular weight excluding hydrogens is 292 g/mol. The van der Waals surface area contributed by atoms with Gasteiger partial charge >= 0.3 is 12.0 Å². The highest BCUT2D eigenvalue weighted by atomic mass is 16.5. The molecule has 0 spiro atoms. The van der Waals surface area contributed by atoms with Gasteiger partial charge in [-0.05, 0) is 29.9 Å². The van der Waals surface area contributed by atoms with Crippen molar-refractivity contribution in [3.63, 3.8) is 0 Å². The number of rotatable bonds is 3. The zero-order valence-corrected chi connectivity index (χ0v) is 13.7. The van der Waals surface area contributed by atoms with Gasteiger partial charge in [0.15, 0.2) is 0 Å². The van der Waals surface area contributed by atoms with Gasteiger partial charge in [0.1, 0.15) is 0 Å². The molecular formula is C18H24N2O3. The van der Waals surface area contributed by atoms with Crippen molar-refractivity contribution in [3.8, 4) is 0 Å². The largest absolute Gasteiger partial charge is 0.469 e. The van der Waals surface area contributed by atoms with Crippen molar-refractivity contribution in [2.24, 2.45) is 11.8 Å². The third kappa shape index (κ3) is 3.19. The number of amides is 2. The minimum Gasteiger partial charge on any atom is -0.469 e. The number of benzene rings is 1. The first-order chi connectivity index (χ1) is 11.1. The summed E-state index contributed by atoms with van der Waals surface area (Å²) in [4.78, 5) is 25.8. The lowest BCUT2D eigenvalue weighted by Gasteiger charge is -2.36. The Morgan fingerprint density at radius 2 is 2.13 bits per heavy atom. The second kappa shape index (κ2) is 6.60. The number of ether oxygens (including phenoxy) is 1. The van der Waals surface area contributed by atoms with E-state index >= 15 is 0 Å². The number of carbonyl (C=O) groups excluding carboxylic acids is 2. The Balaban J connectivity index is 1.48. The number of nitrogens with one attached hydrogen (secondary N) is 1. The first-order valence-corrected chi connectivity index (χ1v) is 8.28. The van der Waals surface area contributed by atoms with Gasteiger partial charge in [-0.3, -0.25) is 4.79 Å². The van der Waals surface area contributed by atoms with Crippen molar-refractivity contribution in [1.29, 1.82) is 0 Å². The van der Waals surface area contributed by atoms with Gasteiger partial charge < -0.3 is 15.0 Å². The Hall–Kier alpha value is -2.04. The summed E-state index contributed by atoms with van der Waals surface area (Å²) in [5.74, 6) is 0.303. The summed E-state index contributed by atoms with van der Waals surface area (Å²) in [6, 6.07) is 8.36. The number of likely N-dealkylation sites (tertiary alicyclic amines) is 1. The summed E-state index contributed by atoms with van der Waals surface area (Å²) < 4.78 is 4.83. The molecule has 2 amide bonds. The molecule has 0 unspecified atom stereocenters. The highest BCUT2D eigenvalue weighted by Crippen LogP contribution is 2.34. The molecule has 1 fully saturated rings. The Bertz CT molecular complexity index is 602. The second-order valence-corrected chi connectivity index (χ2v) is 6.63. The average molecular weight is 316 g/mol. The van der Waals surface area contributed by atoms with E-state index in [0.29, 0.717) is 32.0 Å². The zero-order valence-electron chi connectivity index (χ0n) is 13.7. The SMILES string of the molecule is COC(=O)[C@@H]1CCN(C(=O)NC[C@@H]2Cc3ccccc32)C[C@@H]1C. The summed E-state index contributed by atoms with van der Waals surface area (Å²) >= 11 is 0. The van der Waals surface area contributed by atoms with E-state index in [2.05, 4.69) is 23.5 Å². The molecule has 3 rings (SSSR count). The topological polar surface area (TPSA) is 58.6 Å². The molecule has 1 N–H and O–H groups in total. The van der Waals surface area contributed by atoms with Crippen LogP contribution in [0.5, 0.6) is 0 Å². The molecule has 2 aliphatic rings. The fraction of sp³-hybridized carbons (Fsp3) is 0.556. The van der Waals surface area contributed by atoms with Crippen molar-refractivity contribution in [1.82, 2.24) is 10.2 Å². The molecule has 1 aromatic carbocycles. The number of hydrogen-bond donors (Lipinski definition) is 1. The van der Waals surface area contributed by atoms with Crippen LogP contribution in [0.4, 0.5) is 4.79 Å². The number of urea groups is 1. The average Bonchev–Trinajstić information content (AvgIpc) is 2.54. The van der Waals surface area contributed by atoms with Crippen molar-refractivity contribution in [3.05, 3.63) is 35.4 Å². The molecule has 1 aromatic rings. The molecule has 0 radical (unpaired) electrons.